The van der Waals surface area contributed by atoms with Gasteiger partial charge in [0.15, 0.2) is 12.8 Å². The van der Waals surface area contributed by atoms with Gasteiger partial charge in [0.05, 0.1) is 6.61 Å². The van der Waals surface area contributed by atoms with Gasteiger partial charge >= 0.3 is 12.2 Å². The van der Waals surface area contributed by atoms with Gasteiger partial charge in [-0.25, -0.2) is 0 Å². The van der Waals surface area contributed by atoms with Crippen LogP contribution in [0.1, 0.15) is 41.8 Å². The van der Waals surface area contributed by atoms with Crippen molar-refractivity contribution < 1.29 is 27.4 Å². The van der Waals surface area contributed by atoms with Gasteiger partial charge in [0, 0.05) is 42.8 Å². The number of carbonyl (C=O) groups excluding carboxylic acids is 1. The van der Waals surface area contributed by atoms with Crippen LogP contribution < -0.4 is 25.4 Å². The molecule has 11 nitrogen and oxygen atoms in total. The number of nitriles is 1. The Kier molecular flexibility index (Phi) is 9.74. The minimum absolute atomic E-state index is 0.00257. The summed E-state index contributed by atoms with van der Waals surface area (Å²) in [6.45, 7) is 6.26. The fraction of sp³-hybridized carbons (Fsp3) is 0.414. The number of aryl methyl sites for hydroxylation is 1. The highest BCUT2D eigenvalue weighted by Gasteiger charge is 2.29. The van der Waals surface area contributed by atoms with E-state index in [1.807, 2.05) is 39.0 Å². The van der Waals surface area contributed by atoms with Crippen LogP contribution in [-0.4, -0.2) is 64.8 Å². The number of amides is 1. The van der Waals surface area contributed by atoms with Crippen LogP contribution in [0.4, 0.5) is 30.8 Å². The number of aromatic nitrogens is 3. The monoisotopic (exact) mass is 598 g/mol. The third kappa shape index (κ3) is 9.63. The molecule has 0 saturated heterocycles. The zero-order valence-electron chi connectivity index (χ0n) is 24.1. The SMILES string of the molecule is Cc1cc2ccc1OCCCN(C#N)CC(C)(C)CNC(=O)c1ccc(cc1)Nc1nc(nc(OCC(F)(F)F)n1)NC2. The third-order valence-electron chi connectivity index (χ3n) is 6.39. The van der Waals surface area contributed by atoms with Gasteiger partial charge < -0.3 is 30.3 Å². The standard InChI is InChI=1S/C29H33F3N8O3/c1-19-13-20-5-10-23(19)42-12-4-11-40(18-33)16-28(2,3)15-35-24(41)21-6-8-22(9-7-21)36-26-37-25(34-14-20)38-27(39-26)43-17-29(30,31)32/h5-10,13H,4,11-12,14-17H2,1-3H3,(H,35,41)(H2,34,36,37,38,39). The van der Waals surface area contributed by atoms with Gasteiger partial charge in [-0.1, -0.05) is 26.0 Å². The molecule has 43 heavy (non-hydrogen) atoms. The molecule has 6 bridgehead atoms. The first-order valence-electron chi connectivity index (χ1n) is 13.6. The number of carbonyl (C=O) groups is 1. The molecule has 0 unspecified atom stereocenters. The summed E-state index contributed by atoms with van der Waals surface area (Å²) in [4.78, 5) is 26.7. The molecule has 7 rings (SSSR count). The van der Waals surface area contributed by atoms with Crippen molar-refractivity contribution >= 4 is 23.5 Å². The highest BCUT2D eigenvalue weighted by Crippen LogP contribution is 2.23. The van der Waals surface area contributed by atoms with Crippen molar-refractivity contribution in [1.82, 2.24) is 25.2 Å². The molecule has 4 aliphatic heterocycles. The van der Waals surface area contributed by atoms with Gasteiger partial charge in [-0.15, -0.1) is 0 Å². The van der Waals surface area contributed by atoms with Crippen LogP contribution in [0.3, 0.4) is 0 Å². The molecule has 0 radical (unpaired) electrons. The van der Waals surface area contributed by atoms with Crippen molar-refractivity contribution in [1.29, 1.82) is 5.26 Å². The Hall–Kier alpha value is -4.80. The molecule has 228 valence electrons. The molecule has 3 aromatic rings. The minimum Gasteiger partial charge on any atom is -0.493 e. The van der Waals surface area contributed by atoms with E-state index in [4.69, 9.17) is 9.47 Å². The van der Waals surface area contributed by atoms with Crippen LogP contribution in [0.25, 0.3) is 0 Å². The molecular formula is C29H33F3N8O3. The van der Waals surface area contributed by atoms with Crippen LogP contribution >= 0.6 is 0 Å². The molecule has 3 N–H and O–H groups in total. The van der Waals surface area contributed by atoms with Crippen LogP contribution in [-0.2, 0) is 6.54 Å². The number of hydrogen-bond acceptors (Lipinski definition) is 10. The molecule has 1 aromatic heterocycles. The number of hydrogen-bond donors (Lipinski definition) is 3. The Morgan fingerprint density at radius 2 is 1.84 bits per heavy atom. The van der Waals surface area contributed by atoms with Crippen LogP contribution in [0.2, 0.25) is 0 Å². The molecule has 0 spiro atoms. The summed E-state index contributed by atoms with van der Waals surface area (Å²) in [6.07, 6.45) is -1.72. The number of nitrogens with zero attached hydrogens (tertiary/aromatic N) is 5. The number of alkyl halides is 3. The molecule has 0 fully saturated rings. The Labute approximate surface area is 247 Å². The molecule has 14 heteroatoms. The predicted octanol–water partition coefficient (Wildman–Crippen LogP) is 4.80. The summed E-state index contributed by atoms with van der Waals surface area (Å²) < 4.78 is 49.1. The summed E-state index contributed by atoms with van der Waals surface area (Å²) in [5.41, 5.74) is 2.25. The number of anilines is 3. The lowest BCUT2D eigenvalue weighted by atomic mass is 9.92. The lowest BCUT2D eigenvalue weighted by molar-refractivity contribution is -0.154. The zero-order chi connectivity index (χ0) is 31.0. The van der Waals surface area contributed by atoms with Crippen molar-refractivity contribution in [3.8, 4) is 18.0 Å². The second-order valence-corrected chi connectivity index (χ2v) is 10.9. The van der Waals surface area contributed by atoms with E-state index in [-0.39, 0.29) is 29.8 Å². The molecule has 5 heterocycles. The Balaban J connectivity index is 1.60. The molecule has 0 atom stereocenters. The quantitative estimate of drug-likeness (QED) is 0.353. The summed E-state index contributed by atoms with van der Waals surface area (Å²) in [7, 11) is 0. The lowest BCUT2D eigenvalue weighted by Gasteiger charge is -2.29. The molecule has 4 aliphatic rings. The van der Waals surface area contributed by atoms with Gasteiger partial charge in [-0.2, -0.15) is 33.4 Å². The van der Waals surface area contributed by atoms with E-state index in [0.29, 0.717) is 49.7 Å². The van der Waals surface area contributed by atoms with E-state index >= 15 is 0 Å². The number of benzene rings is 2. The highest BCUT2D eigenvalue weighted by atomic mass is 19.4. The number of nitrogens with one attached hydrogen (secondary N) is 3. The average Bonchev–Trinajstić information content (AvgIpc) is 2.95. The van der Waals surface area contributed by atoms with E-state index in [9.17, 15) is 23.2 Å². The number of ether oxygens (including phenoxy) is 2. The van der Waals surface area contributed by atoms with Crippen LogP contribution in [0.15, 0.2) is 42.5 Å². The summed E-state index contributed by atoms with van der Waals surface area (Å²) >= 11 is 0. The molecule has 0 aliphatic carbocycles. The maximum atomic E-state index is 12.8. The topological polar surface area (TPSA) is 137 Å². The second kappa shape index (κ2) is 13.5. The van der Waals surface area contributed by atoms with Crippen LogP contribution in [0.5, 0.6) is 11.8 Å². The highest BCUT2D eigenvalue weighted by molar-refractivity contribution is 5.94. The maximum Gasteiger partial charge on any atom is 0.422 e. The summed E-state index contributed by atoms with van der Waals surface area (Å²) in [6, 6.07) is 11.5. The molecule has 2 aromatic carbocycles. The molecule has 0 saturated carbocycles. The summed E-state index contributed by atoms with van der Waals surface area (Å²) in [5, 5.41) is 18.5. The Bertz CT molecular complexity index is 1460. The van der Waals surface area contributed by atoms with Crippen LogP contribution in [0, 0.1) is 23.8 Å². The van der Waals surface area contributed by atoms with E-state index in [1.165, 1.54) is 0 Å². The first-order chi connectivity index (χ1) is 20.4. The zero-order valence-corrected chi connectivity index (χ0v) is 24.1. The molecular weight excluding hydrogens is 565 g/mol. The average molecular weight is 599 g/mol. The van der Waals surface area contributed by atoms with Crippen molar-refractivity contribution in [3.05, 3.63) is 59.2 Å². The van der Waals surface area contributed by atoms with Gasteiger partial charge in [0.2, 0.25) is 11.9 Å². The van der Waals surface area contributed by atoms with Gasteiger partial charge in [-0.05, 0) is 54.8 Å². The van der Waals surface area contributed by atoms with Gasteiger partial charge in [0.25, 0.3) is 5.91 Å². The largest absolute Gasteiger partial charge is 0.493 e. The van der Waals surface area contributed by atoms with Crippen molar-refractivity contribution in [3.63, 3.8) is 0 Å². The fourth-order valence-electron chi connectivity index (χ4n) is 4.30. The predicted molar refractivity (Wildman–Crippen MR) is 153 cm³/mol. The Morgan fingerprint density at radius 1 is 1.09 bits per heavy atom. The summed E-state index contributed by atoms with van der Waals surface area (Å²) in [5.74, 6) is 0.360. The van der Waals surface area contributed by atoms with E-state index in [2.05, 4.69) is 37.1 Å². The fourth-order valence-corrected chi connectivity index (χ4v) is 4.30. The van der Waals surface area contributed by atoms with E-state index in [0.717, 1.165) is 11.1 Å². The number of rotatable bonds is 2. The normalized spacial score (nSPS) is 16.1. The van der Waals surface area contributed by atoms with Gasteiger partial charge in [-0.3, -0.25) is 4.79 Å². The van der Waals surface area contributed by atoms with Crippen molar-refractivity contribution in [2.75, 3.05) is 43.5 Å². The Morgan fingerprint density at radius 3 is 2.53 bits per heavy atom. The van der Waals surface area contributed by atoms with Crippen molar-refractivity contribution in [2.24, 2.45) is 5.41 Å². The maximum absolute atomic E-state index is 12.8. The number of halogens is 3. The molecule has 1 amide bonds. The van der Waals surface area contributed by atoms with Gasteiger partial charge in [0.1, 0.15) is 5.75 Å². The van der Waals surface area contributed by atoms with E-state index in [1.54, 1.807) is 29.2 Å². The first-order valence-corrected chi connectivity index (χ1v) is 13.6. The lowest BCUT2D eigenvalue weighted by Crippen LogP contribution is -2.41. The first kappa shape index (κ1) is 31.1. The smallest absolute Gasteiger partial charge is 0.422 e. The third-order valence-corrected chi connectivity index (χ3v) is 6.39. The minimum atomic E-state index is -4.57. The van der Waals surface area contributed by atoms with E-state index < -0.39 is 18.8 Å². The van der Waals surface area contributed by atoms with Crippen molar-refractivity contribution in [2.45, 2.75) is 39.9 Å². The second-order valence-electron chi connectivity index (χ2n) is 10.9.